The number of hydrogen-bond donors (Lipinski definition) is 7. The van der Waals surface area contributed by atoms with Crippen LogP contribution in [0.1, 0.15) is 31.0 Å². The van der Waals surface area contributed by atoms with E-state index in [0.717, 1.165) is 35.7 Å². The molecule has 0 saturated carbocycles. The van der Waals surface area contributed by atoms with Crippen LogP contribution in [-0.4, -0.2) is 90.4 Å². The monoisotopic (exact) mass is 968 g/mol. The van der Waals surface area contributed by atoms with Crippen molar-refractivity contribution in [2.45, 2.75) is 47.8 Å². The molecule has 1 heterocycles. The highest BCUT2D eigenvalue weighted by Gasteiger charge is 2.24. The summed E-state index contributed by atoms with van der Waals surface area (Å²) in [5.41, 5.74) is -0.904. The topological polar surface area (TPSA) is 354 Å². The summed E-state index contributed by atoms with van der Waals surface area (Å²) in [6.07, 6.45) is 2.15. The number of aromatic hydroxyl groups is 1. The molecule has 7 N–H and O–H groups in total. The average molecular weight is 969 g/mol. The molecule has 0 saturated heterocycles. The van der Waals surface area contributed by atoms with Gasteiger partial charge in [-0.2, -0.15) is 30.4 Å². The van der Waals surface area contributed by atoms with Gasteiger partial charge in [-0.05, 0) is 91.4 Å². The maximum Gasteiger partial charge on any atom is 0.299 e. The van der Waals surface area contributed by atoms with Gasteiger partial charge in [0.05, 0.1) is 35.2 Å². The Morgan fingerprint density at radius 2 is 1.24 bits per heavy atom. The summed E-state index contributed by atoms with van der Waals surface area (Å²) in [5.74, 6) is -1.05. The second kappa shape index (κ2) is 20.2. The van der Waals surface area contributed by atoms with E-state index in [-0.39, 0.29) is 80.2 Å². The molecule has 0 atom stereocenters. The number of unbranched alkanes of at least 4 members (excludes halogenated alkanes) is 1. The zero-order chi connectivity index (χ0) is 48.0. The van der Waals surface area contributed by atoms with E-state index in [1.807, 2.05) is 6.92 Å². The number of H-pyrrole nitrogens is 1. The first kappa shape index (κ1) is 48.7. The highest BCUT2D eigenvalue weighted by molar-refractivity contribution is 7.86. The molecular formula is C40H40N8O15S3. The summed E-state index contributed by atoms with van der Waals surface area (Å²) in [7, 11) is -14.4. The molecule has 23 nitrogen and oxygen atoms in total. The first-order valence-corrected chi connectivity index (χ1v) is 23.7. The van der Waals surface area contributed by atoms with E-state index in [2.05, 4.69) is 35.8 Å². The second-order valence-electron chi connectivity index (χ2n) is 14.1. The Morgan fingerprint density at radius 1 is 0.652 bits per heavy atom. The summed E-state index contributed by atoms with van der Waals surface area (Å²) in [6, 6.07) is 16.4. The summed E-state index contributed by atoms with van der Waals surface area (Å²) < 4.78 is 115. The molecule has 5 aromatic carbocycles. The molecule has 26 heteroatoms. The number of aliphatic hydroxyl groups excluding tert-OH is 2. The number of aromatic nitrogens is 2. The predicted molar refractivity (Wildman–Crippen MR) is 235 cm³/mol. The Labute approximate surface area is 375 Å². The van der Waals surface area contributed by atoms with Crippen LogP contribution >= 0.6 is 0 Å². The van der Waals surface area contributed by atoms with Crippen molar-refractivity contribution in [3.05, 3.63) is 100 Å². The van der Waals surface area contributed by atoms with Crippen LogP contribution in [0.4, 0.5) is 34.1 Å². The molecule has 1 aromatic heterocycles. The van der Waals surface area contributed by atoms with E-state index in [4.69, 9.17) is 9.47 Å². The molecule has 0 spiro atoms. The standard InChI is InChI=1S/C40H40N8O15S3/c1-3-4-5-24-6-13-30(35(18-24)65(56,57)58)42-43-31-21-34(63-17-15-50)32(22-33(31)62-16-14-49)44-46-38-36(66(59,60)61)20-25-19-26(7-12-29(25)39(38)51)41-45-37-23(2)47-48(40(37)52)27-8-10-28(11-9-27)64(53,54)55/h6-13,18-22,47,49-51H,3-5,14-17H2,1-2H3,(H,53,54,55)(H,56,57,58)(H,59,60,61). The van der Waals surface area contributed by atoms with E-state index >= 15 is 0 Å². The summed E-state index contributed by atoms with van der Waals surface area (Å²) in [6.45, 7) is 1.92. The van der Waals surface area contributed by atoms with Gasteiger partial charge in [0.15, 0.2) is 11.4 Å². The first-order valence-electron chi connectivity index (χ1n) is 19.4. The van der Waals surface area contributed by atoms with Crippen LogP contribution in [0.25, 0.3) is 16.5 Å². The number of azo groups is 3. The van der Waals surface area contributed by atoms with Crippen molar-refractivity contribution in [2.24, 2.45) is 30.7 Å². The van der Waals surface area contributed by atoms with Gasteiger partial charge in [-0.1, -0.05) is 19.4 Å². The number of phenols is 1. The van der Waals surface area contributed by atoms with Gasteiger partial charge in [0.1, 0.15) is 57.3 Å². The number of fused-ring (bicyclic) bond motifs is 1. The molecule has 348 valence electrons. The number of aromatic amines is 1. The number of nitrogens with zero attached hydrogens (tertiary/aromatic N) is 7. The van der Waals surface area contributed by atoms with Crippen LogP contribution in [0.15, 0.2) is 129 Å². The first-order chi connectivity index (χ1) is 31.2. The summed E-state index contributed by atoms with van der Waals surface area (Å²) in [4.78, 5) is 11.4. The molecule has 0 aliphatic rings. The Bertz CT molecular complexity index is 3300. The third-order valence-electron chi connectivity index (χ3n) is 9.39. The van der Waals surface area contributed by atoms with E-state index in [1.165, 1.54) is 61.5 Å². The number of aryl methyl sites for hydroxylation is 2. The molecular weight excluding hydrogens is 929 g/mol. The lowest BCUT2D eigenvalue weighted by molar-refractivity contribution is 0.198. The SMILES string of the molecule is CCCCc1ccc(N=Nc2cc(OCCO)c(N=Nc3c(S(=O)(=O)O)cc4cc(N=Nc5c(C)[nH]n(-c6ccc(S(=O)(=O)O)cc6)c5=O)ccc4c3O)cc2OCCO)c(S(=O)(=O)O)c1. The Morgan fingerprint density at radius 3 is 1.82 bits per heavy atom. The van der Waals surface area contributed by atoms with Crippen LogP contribution in [0, 0.1) is 6.92 Å². The minimum absolute atomic E-state index is 0.00552. The van der Waals surface area contributed by atoms with Gasteiger partial charge < -0.3 is 24.8 Å². The molecule has 0 bridgehead atoms. The van der Waals surface area contributed by atoms with E-state index in [9.17, 15) is 59.0 Å². The van der Waals surface area contributed by atoms with Crippen molar-refractivity contribution in [2.75, 3.05) is 26.4 Å². The maximum atomic E-state index is 13.2. The van der Waals surface area contributed by atoms with Gasteiger partial charge in [0, 0.05) is 17.5 Å². The number of benzene rings is 5. The highest BCUT2D eigenvalue weighted by Crippen LogP contribution is 2.45. The molecule has 0 unspecified atom stereocenters. The van der Waals surface area contributed by atoms with Crippen LogP contribution in [0.2, 0.25) is 0 Å². The fraction of sp³-hybridized carbons (Fsp3) is 0.225. The number of phenolic OH excluding ortho intramolecular Hbond substituents is 1. The number of aliphatic hydroxyl groups is 2. The zero-order valence-corrected chi connectivity index (χ0v) is 37.1. The Hall–Kier alpha value is -6.78. The largest absolute Gasteiger partial charge is 0.505 e. The Balaban J connectivity index is 1.37. The highest BCUT2D eigenvalue weighted by atomic mass is 32.2. The number of ether oxygens (including phenoxy) is 2. The third kappa shape index (κ3) is 11.4. The molecule has 0 fully saturated rings. The second-order valence-corrected chi connectivity index (χ2v) is 18.3. The average Bonchev–Trinajstić information content (AvgIpc) is 3.55. The molecule has 0 amide bonds. The number of nitrogens with one attached hydrogen (secondary N) is 1. The molecule has 0 aliphatic carbocycles. The number of rotatable bonds is 19. The van der Waals surface area contributed by atoms with Crippen molar-refractivity contribution in [3.63, 3.8) is 0 Å². The van der Waals surface area contributed by atoms with Gasteiger partial charge in [0.2, 0.25) is 0 Å². The lowest BCUT2D eigenvalue weighted by atomic mass is 10.1. The normalized spacial score (nSPS) is 12.6. The van der Waals surface area contributed by atoms with Gasteiger partial charge in [0.25, 0.3) is 35.9 Å². The van der Waals surface area contributed by atoms with Crippen molar-refractivity contribution in [1.29, 1.82) is 0 Å². The van der Waals surface area contributed by atoms with E-state index in [1.54, 1.807) is 6.07 Å². The lowest BCUT2D eigenvalue weighted by Gasteiger charge is -2.13. The van der Waals surface area contributed by atoms with Crippen molar-refractivity contribution >= 4 is 75.3 Å². The molecule has 6 aromatic rings. The fourth-order valence-electron chi connectivity index (χ4n) is 6.24. The molecule has 6 rings (SSSR count). The minimum Gasteiger partial charge on any atom is -0.505 e. The summed E-state index contributed by atoms with van der Waals surface area (Å²) >= 11 is 0. The fourth-order valence-corrected chi connectivity index (χ4v) is 8.05. The Kier molecular flexibility index (Phi) is 14.9. The quantitative estimate of drug-likeness (QED) is 0.0307. The van der Waals surface area contributed by atoms with Crippen LogP contribution < -0.4 is 15.0 Å². The molecule has 0 aliphatic heterocycles. The van der Waals surface area contributed by atoms with E-state index < -0.39 is 70.4 Å². The van der Waals surface area contributed by atoms with Gasteiger partial charge in [-0.3, -0.25) is 23.6 Å². The molecule has 0 radical (unpaired) electrons. The molecule has 66 heavy (non-hydrogen) atoms. The van der Waals surface area contributed by atoms with Gasteiger partial charge in [-0.15, -0.1) is 25.6 Å². The number of hydrogen-bond acceptors (Lipinski definition) is 18. The van der Waals surface area contributed by atoms with Crippen molar-refractivity contribution < 1.29 is 63.7 Å². The van der Waals surface area contributed by atoms with E-state index in [0.29, 0.717) is 12.0 Å². The lowest BCUT2D eigenvalue weighted by Crippen LogP contribution is -2.14. The third-order valence-corrected chi connectivity index (χ3v) is 12.0. The van der Waals surface area contributed by atoms with Crippen molar-refractivity contribution in [3.8, 4) is 22.9 Å². The summed E-state index contributed by atoms with van der Waals surface area (Å²) in [5, 5.41) is 57.5. The van der Waals surface area contributed by atoms with Crippen molar-refractivity contribution in [1.82, 2.24) is 9.78 Å². The minimum atomic E-state index is -5.14. The smallest absolute Gasteiger partial charge is 0.299 e. The van der Waals surface area contributed by atoms with Gasteiger partial charge in [-0.25, -0.2) is 4.68 Å². The van der Waals surface area contributed by atoms with Gasteiger partial charge >= 0.3 is 0 Å². The maximum absolute atomic E-state index is 13.2. The van der Waals surface area contributed by atoms with Crippen LogP contribution in [-0.2, 0) is 36.8 Å². The zero-order valence-electron chi connectivity index (χ0n) is 34.7. The van der Waals surface area contributed by atoms with Crippen LogP contribution in [0.3, 0.4) is 0 Å². The predicted octanol–water partition coefficient (Wildman–Crippen LogP) is 7.40. The van der Waals surface area contributed by atoms with Crippen LogP contribution in [0.5, 0.6) is 17.2 Å².